The SMILES string of the molecule is C[C@@]1(C2CC2)NC(=O)N(CC(=O)OCC(=O)N[C@H]2CCCc3ccccc32)C1=O. The fourth-order valence-corrected chi connectivity index (χ4v) is 4.26. The number of nitrogens with zero attached hydrogens (tertiary/aromatic N) is 1. The van der Waals surface area contributed by atoms with Gasteiger partial charge in [-0.2, -0.15) is 0 Å². The first-order valence-corrected chi connectivity index (χ1v) is 10.1. The van der Waals surface area contributed by atoms with Gasteiger partial charge in [0.1, 0.15) is 12.1 Å². The summed E-state index contributed by atoms with van der Waals surface area (Å²) in [7, 11) is 0. The van der Waals surface area contributed by atoms with E-state index in [4.69, 9.17) is 4.74 Å². The van der Waals surface area contributed by atoms with Crippen molar-refractivity contribution in [2.24, 2.45) is 5.92 Å². The molecule has 2 aliphatic carbocycles. The van der Waals surface area contributed by atoms with Crippen molar-refractivity contribution in [2.45, 2.75) is 50.6 Å². The molecule has 0 spiro atoms. The van der Waals surface area contributed by atoms with E-state index in [-0.39, 0.29) is 12.0 Å². The maximum atomic E-state index is 12.5. The zero-order valence-electron chi connectivity index (χ0n) is 16.4. The van der Waals surface area contributed by atoms with Gasteiger partial charge in [0.25, 0.3) is 11.8 Å². The lowest BCUT2D eigenvalue weighted by atomic mass is 9.88. The molecule has 8 heteroatoms. The molecule has 1 heterocycles. The molecule has 4 amide bonds. The number of amides is 4. The van der Waals surface area contributed by atoms with E-state index in [9.17, 15) is 19.2 Å². The summed E-state index contributed by atoms with van der Waals surface area (Å²) in [5, 5.41) is 5.58. The van der Waals surface area contributed by atoms with Crippen LogP contribution in [-0.2, 0) is 25.5 Å². The summed E-state index contributed by atoms with van der Waals surface area (Å²) in [4.78, 5) is 49.8. The Kier molecular flexibility index (Phi) is 5.02. The Morgan fingerprint density at radius 2 is 2.00 bits per heavy atom. The number of benzene rings is 1. The summed E-state index contributed by atoms with van der Waals surface area (Å²) in [6.45, 7) is 0.749. The lowest BCUT2D eigenvalue weighted by Gasteiger charge is -2.26. The minimum atomic E-state index is -0.941. The van der Waals surface area contributed by atoms with Gasteiger partial charge in [0, 0.05) is 0 Å². The van der Waals surface area contributed by atoms with Crippen molar-refractivity contribution < 1.29 is 23.9 Å². The highest BCUT2D eigenvalue weighted by Crippen LogP contribution is 2.42. The number of ether oxygens (including phenoxy) is 1. The molecule has 1 saturated carbocycles. The summed E-state index contributed by atoms with van der Waals surface area (Å²) >= 11 is 0. The maximum absolute atomic E-state index is 12.5. The van der Waals surface area contributed by atoms with Crippen LogP contribution in [0.5, 0.6) is 0 Å². The van der Waals surface area contributed by atoms with Crippen LogP contribution in [0.1, 0.15) is 49.8 Å². The second-order valence-electron chi connectivity index (χ2n) is 8.17. The molecule has 1 aliphatic heterocycles. The average Bonchev–Trinajstić information content (AvgIpc) is 3.53. The van der Waals surface area contributed by atoms with Gasteiger partial charge >= 0.3 is 12.0 Å². The Morgan fingerprint density at radius 3 is 2.76 bits per heavy atom. The van der Waals surface area contributed by atoms with E-state index in [1.165, 1.54) is 5.56 Å². The van der Waals surface area contributed by atoms with Crippen LogP contribution in [0, 0.1) is 5.92 Å². The van der Waals surface area contributed by atoms with Crippen LogP contribution in [0.25, 0.3) is 0 Å². The van der Waals surface area contributed by atoms with E-state index >= 15 is 0 Å². The minimum absolute atomic E-state index is 0.101. The van der Waals surface area contributed by atoms with Gasteiger partial charge in [0.2, 0.25) is 0 Å². The van der Waals surface area contributed by atoms with Crippen molar-refractivity contribution in [3.05, 3.63) is 35.4 Å². The van der Waals surface area contributed by atoms with Crippen molar-refractivity contribution in [3.63, 3.8) is 0 Å². The van der Waals surface area contributed by atoms with Crippen LogP contribution >= 0.6 is 0 Å². The third-order valence-corrected chi connectivity index (χ3v) is 6.05. The fourth-order valence-electron chi connectivity index (χ4n) is 4.26. The Labute approximate surface area is 169 Å². The second kappa shape index (κ2) is 7.50. The van der Waals surface area contributed by atoms with Crippen molar-refractivity contribution >= 4 is 23.8 Å². The number of hydrogen-bond acceptors (Lipinski definition) is 5. The van der Waals surface area contributed by atoms with Crippen LogP contribution in [0.2, 0.25) is 0 Å². The first kappa shape index (κ1) is 19.4. The topological polar surface area (TPSA) is 105 Å². The summed E-state index contributed by atoms with van der Waals surface area (Å²) in [6.07, 6.45) is 4.56. The molecule has 0 unspecified atom stereocenters. The molecular weight excluding hydrogens is 374 g/mol. The van der Waals surface area contributed by atoms with Crippen molar-refractivity contribution in [2.75, 3.05) is 13.2 Å². The van der Waals surface area contributed by atoms with Gasteiger partial charge in [-0.05, 0) is 56.1 Å². The van der Waals surface area contributed by atoms with Crippen LogP contribution in [0.4, 0.5) is 4.79 Å². The molecular formula is C21H25N3O5. The molecule has 1 saturated heterocycles. The summed E-state index contributed by atoms with van der Waals surface area (Å²) in [5.41, 5.74) is 1.37. The van der Waals surface area contributed by atoms with Crippen molar-refractivity contribution in [1.29, 1.82) is 0 Å². The number of carbonyl (C=O) groups excluding carboxylic acids is 4. The van der Waals surface area contributed by atoms with Gasteiger partial charge in [0.15, 0.2) is 6.61 Å². The third kappa shape index (κ3) is 3.83. The average molecular weight is 399 g/mol. The highest BCUT2D eigenvalue weighted by molar-refractivity contribution is 6.08. The number of hydrogen-bond donors (Lipinski definition) is 2. The largest absolute Gasteiger partial charge is 0.454 e. The molecule has 1 aromatic rings. The maximum Gasteiger partial charge on any atom is 0.326 e. The Bertz CT molecular complexity index is 866. The van der Waals surface area contributed by atoms with Crippen molar-refractivity contribution in [3.8, 4) is 0 Å². The fraction of sp³-hybridized carbons (Fsp3) is 0.524. The van der Waals surface area contributed by atoms with Crippen LogP contribution in [-0.4, -0.2) is 47.4 Å². The van der Waals surface area contributed by atoms with E-state index < -0.39 is 42.5 Å². The van der Waals surface area contributed by atoms with Gasteiger partial charge in [-0.3, -0.25) is 19.3 Å². The highest BCUT2D eigenvalue weighted by Gasteiger charge is 2.56. The number of carbonyl (C=O) groups is 4. The van der Waals surface area contributed by atoms with E-state index in [1.807, 2.05) is 18.2 Å². The highest BCUT2D eigenvalue weighted by atomic mass is 16.5. The van der Waals surface area contributed by atoms with E-state index in [0.29, 0.717) is 0 Å². The zero-order valence-corrected chi connectivity index (χ0v) is 16.4. The molecule has 2 fully saturated rings. The number of rotatable bonds is 6. The molecule has 29 heavy (non-hydrogen) atoms. The van der Waals surface area contributed by atoms with Crippen LogP contribution in [0.15, 0.2) is 24.3 Å². The Morgan fingerprint density at radius 1 is 1.24 bits per heavy atom. The number of aryl methyl sites for hydroxylation is 1. The molecule has 0 radical (unpaired) electrons. The Balaban J connectivity index is 1.27. The zero-order chi connectivity index (χ0) is 20.6. The number of esters is 1. The minimum Gasteiger partial charge on any atom is -0.454 e. The summed E-state index contributed by atoms with van der Waals surface area (Å²) in [5.74, 6) is -1.48. The first-order chi connectivity index (χ1) is 13.9. The quantitative estimate of drug-likeness (QED) is 0.556. The molecule has 1 aromatic carbocycles. The molecule has 154 valence electrons. The van der Waals surface area contributed by atoms with E-state index in [1.54, 1.807) is 6.92 Å². The number of fused-ring (bicyclic) bond motifs is 1. The number of nitrogens with one attached hydrogen (secondary N) is 2. The first-order valence-electron chi connectivity index (χ1n) is 10.1. The normalized spacial score (nSPS) is 26.0. The van der Waals surface area contributed by atoms with Gasteiger partial charge in [-0.25, -0.2) is 4.79 Å². The third-order valence-electron chi connectivity index (χ3n) is 6.05. The number of imide groups is 1. The molecule has 4 rings (SSSR count). The van der Waals surface area contributed by atoms with Gasteiger partial charge in [-0.15, -0.1) is 0 Å². The molecule has 2 atom stereocenters. The van der Waals surface area contributed by atoms with Crippen LogP contribution in [0.3, 0.4) is 0 Å². The Hall–Kier alpha value is -2.90. The van der Waals surface area contributed by atoms with Gasteiger partial charge < -0.3 is 15.4 Å². The molecule has 0 bridgehead atoms. The predicted molar refractivity (Wildman–Crippen MR) is 103 cm³/mol. The smallest absolute Gasteiger partial charge is 0.326 e. The van der Waals surface area contributed by atoms with E-state index in [0.717, 1.165) is 42.6 Å². The summed E-state index contributed by atoms with van der Waals surface area (Å²) in [6, 6.07) is 7.29. The second-order valence-corrected chi connectivity index (χ2v) is 8.17. The molecule has 8 nitrogen and oxygen atoms in total. The molecule has 2 N–H and O–H groups in total. The van der Waals surface area contributed by atoms with Crippen LogP contribution < -0.4 is 10.6 Å². The molecule has 3 aliphatic rings. The monoisotopic (exact) mass is 399 g/mol. The lowest BCUT2D eigenvalue weighted by molar-refractivity contribution is -0.151. The predicted octanol–water partition coefficient (Wildman–Crippen LogP) is 1.44. The lowest BCUT2D eigenvalue weighted by Crippen LogP contribution is -2.46. The number of urea groups is 1. The molecule has 0 aromatic heterocycles. The van der Waals surface area contributed by atoms with Gasteiger partial charge in [-0.1, -0.05) is 24.3 Å². The van der Waals surface area contributed by atoms with Crippen molar-refractivity contribution in [1.82, 2.24) is 15.5 Å². The standard InChI is InChI=1S/C21H25N3O5/c1-21(14-9-10-14)19(27)24(20(28)23-21)11-18(26)29-12-17(25)22-16-8-4-6-13-5-2-3-7-15(13)16/h2-3,5,7,14,16H,4,6,8-12H2,1H3,(H,22,25)(H,23,28)/t16-,21-/m0/s1. The van der Waals surface area contributed by atoms with E-state index in [2.05, 4.69) is 16.7 Å². The van der Waals surface area contributed by atoms with Gasteiger partial charge in [0.05, 0.1) is 6.04 Å². The summed E-state index contributed by atoms with van der Waals surface area (Å²) < 4.78 is 5.01.